The van der Waals surface area contributed by atoms with Crippen molar-refractivity contribution in [3.63, 3.8) is 0 Å². The number of ether oxygens (including phenoxy) is 3. The van der Waals surface area contributed by atoms with Crippen LogP contribution in [0.2, 0.25) is 0 Å². The quantitative estimate of drug-likeness (QED) is 0.322. The molecule has 0 bridgehead atoms. The summed E-state index contributed by atoms with van der Waals surface area (Å²) in [7, 11) is 1.56. The van der Waals surface area contributed by atoms with E-state index >= 15 is 0 Å². The van der Waals surface area contributed by atoms with Crippen molar-refractivity contribution in [1.82, 2.24) is 15.2 Å². The Morgan fingerprint density at radius 2 is 1.70 bits per heavy atom. The summed E-state index contributed by atoms with van der Waals surface area (Å²) >= 11 is 1.39. The van der Waals surface area contributed by atoms with Gasteiger partial charge in [-0.25, -0.2) is 4.98 Å². The second-order valence-electron chi connectivity index (χ2n) is 10.5. The van der Waals surface area contributed by atoms with E-state index in [2.05, 4.69) is 36.3 Å². The molecule has 0 spiro atoms. The van der Waals surface area contributed by atoms with E-state index in [9.17, 15) is 19.2 Å². The minimum atomic E-state index is -1.69. The first-order valence-corrected chi connectivity index (χ1v) is 15.0. The fraction of sp³-hybridized carbons (Fsp3) is 0.406. The first kappa shape index (κ1) is 31.7. The number of esters is 2. The van der Waals surface area contributed by atoms with Crippen LogP contribution in [0, 0.1) is 13.8 Å². The molecule has 2 aromatic carbocycles. The number of nitrogens with zero attached hydrogens (tertiary/aromatic N) is 2. The molecule has 2 heterocycles. The summed E-state index contributed by atoms with van der Waals surface area (Å²) in [5, 5.41) is 5.30. The van der Waals surface area contributed by atoms with Gasteiger partial charge in [0.25, 0.3) is 11.8 Å². The number of rotatable bonds is 11. The van der Waals surface area contributed by atoms with Gasteiger partial charge in [-0.1, -0.05) is 30.3 Å². The summed E-state index contributed by atoms with van der Waals surface area (Å²) in [4.78, 5) is 57.7. The lowest BCUT2D eigenvalue weighted by Gasteiger charge is -2.31. The predicted molar refractivity (Wildman–Crippen MR) is 160 cm³/mol. The SMILES string of the molecule is COc1cccc(C2CCCN2C(=O)[C@H](OC(C)=O)[C@@H](OC(C)=O)C(=O)NCc2nc(Cc3c(C)cccc3C)cs2)c1. The summed E-state index contributed by atoms with van der Waals surface area (Å²) in [6.45, 7) is 6.82. The smallest absolute Gasteiger partial charge is 0.303 e. The maximum Gasteiger partial charge on any atom is 0.303 e. The van der Waals surface area contributed by atoms with Gasteiger partial charge in [0.2, 0.25) is 12.2 Å². The highest BCUT2D eigenvalue weighted by atomic mass is 32.1. The second-order valence-corrected chi connectivity index (χ2v) is 11.5. The van der Waals surface area contributed by atoms with Crippen LogP contribution in [-0.2, 0) is 41.6 Å². The van der Waals surface area contributed by atoms with Gasteiger partial charge in [0.15, 0.2) is 0 Å². The van der Waals surface area contributed by atoms with Gasteiger partial charge in [0.1, 0.15) is 10.8 Å². The molecule has 1 aliphatic heterocycles. The molecule has 43 heavy (non-hydrogen) atoms. The number of hydrogen-bond acceptors (Lipinski definition) is 9. The molecule has 10 nitrogen and oxygen atoms in total. The lowest BCUT2D eigenvalue weighted by molar-refractivity contribution is -0.178. The number of aryl methyl sites for hydroxylation is 2. The van der Waals surface area contributed by atoms with E-state index in [1.165, 1.54) is 28.0 Å². The van der Waals surface area contributed by atoms with Gasteiger partial charge in [-0.05, 0) is 61.1 Å². The zero-order valence-electron chi connectivity index (χ0n) is 25.0. The summed E-state index contributed by atoms with van der Waals surface area (Å²) in [6, 6.07) is 13.2. The first-order valence-electron chi connectivity index (χ1n) is 14.1. The molecule has 2 amide bonds. The summed E-state index contributed by atoms with van der Waals surface area (Å²) in [5.74, 6) is -2.31. The fourth-order valence-corrected chi connectivity index (χ4v) is 6.06. The van der Waals surface area contributed by atoms with Crippen molar-refractivity contribution in [2.45, 2.75) is 71.8 Å². The summed E-state index contributed by atoms with van der Waals surface area (Å²) in [6.07, 6.45) is -1.31. The third kappa shape index (κ3) is 7.98. The number of likely N-dealkylation sites (tertiary alicyclic amines) is 1. The fourth-order valence-electron chi connectivity index (χ4n) is 5.32. The van der Waals surface area contributed by atoms with E-state index in [4.69, 9.17) is 14.2 Å². The Balaban J connectivity index is 1.51. The number of carbonyl (C=O) groups is 4. The minimum Gasteiger partial charge on any atom is -0.497 e. The van der Waals surface area contributed by atoms with Crippen molar-refractivity contribution in [2.24, 2.45) is 0 Å². The topological polar surface area (TPSA) is 124 Å². The third-order valence-electron chi connectivity index (χ3n) is 7.39. The zero-order chi connectivity index (χ0) is 31.1. The van der Waals surface area contributed by atoms with Crippen LogP contribution in [0.4, 0.5) is 0 Å². The molecule has 3 aromatic rings. The van der Waals surface area contributed by atoms with E-state index in [0.29, 0.717) is 36.6 Å². The van der Waals surface area contributed by atoms with Crippen molar-refractivity contribution in [2.75, 3.05) is 13.7 Å². The van der Waals surface area contributed by atoms with Gasteiger partial charge in [-0.15, -0.1) is 11.3 Å². The Morgan fingerprint density at radius 3 is 2.37 bits per heavy atom. The van der Waals surface area contributed by atoms with Crippen molar-refractivity contribution >= 4 is 35.1 Å². The number of thiazole rings is 1. The van der Waals surface area contributed by atoms with Gasteiger partial charge in [0, 0.05) is 32.2 Å². The van der Waals surface area contributed by atoms with Crippen LogP contribution in [0.5, 0.6) is 5.75 Å². The average Bonchev–Trinajstić information content (AvgIpc) is 3.65. The van der Waals surface area contributed by atoms with Crippen LogP contribution >= 0.6 is 11.3 Å². The molecule has 3 atom stereocenters. The molecule has 1 saturated heterocycles. The molecule has 11 heteroatoms. The maximum atomic E-state index is 13.9. The zero-order valence-corrected chi connectivity index (χ0v) is 25.9. The Kier molecular flexibility index (Phi) is 10.5. The molecule has 1 N–H and O–H groups in total. The average molecular weight is 608 g/mol. The lowest BCUT2D eigenvalue weighted by Crippen LogP contribution is -2.53. The molecule has 1 unspecified atom stereocenters. The van der Waals surface area contributed by atoms with Crippen LogP contribution < -0.4 is 10.1 Å². The van der Waals surface area contributed by atoms with Crippen LogP contribution in [0.15, 0.2) is 47.8 Å². The monoisotopic (exact) mass is 607 g/mol. The second kappa shape index (κ2) is 14.3. The van der Waals surface area contributed by atoms with E-state index in [-0.39, 0.29) is 12.6 Å². The highest BCUT2D eigenvalue weighted by Crippen LogP contribution is 2.34. The van der Waals surface area contributed by atoms with E-state index in [1.807, 2.05) is 35.7 Å². The molecule has 0 aliphatic carbocycles. The van der Waals surface area contributed by atoms with Crippen LogP contribution in [0.1, 0.15) is 65.7 Å². The summed E-state index contributed by atoms with van der Waals surface area (Å²) in [5.41, 5.74) is 5.28. The lowest BCUT2D eigenvalue weighted by atomic mass is 9.99. The number of methoxy groups -OCH3 is 1. The number of amides is 2. The van der Waals surface area contributed by atoms with Crippen LogP contribution in [0.25, 0.3) is 0 Å². The first-order chi connectivity index (χ1) is 20.6. The number of aromatic nitrogens is 1. The molecule has 1 fully saturated rings. The largest absolute Gasteiger partial charge is 0.497 e. The standard InChI is InChI=1S/C32H37N3O7S/c1-19-9-6-10-20(2)26(19)16-24-18-43-28(34-24)17-33-31(38)29(41-21(3)36)30(42-22(4)37)32(39)35-14-8-13-27(35)23-11-7-12-25(15-23)40-5/h6-7,9-12,15,18,27,29-30H,8,13-14,16-17H2,1-5H3,(H,33,38)/t27?,29-,30-/m1/s1. The molecular weight excluding hydrogens is 570 g/mol. The van der Waals surface area contributed by atoms with Crippen molar-refractivity contribution in [3.05, 3.63) is 80.8 Å². The van der Waals surface area contributed by atoms with Gasteiger partial charge in [-0.2, -0.15) is 0 Å². The molecule has 0 radical (unpaired) electrons. The Hall–Kier alpha value is -4.25. The van der Waals surface area contributed by atoms with Gasteiger partial charge in [-0.3, -0.25) is 19.2 Å². The van der Waals surface area contributed by atoms with E-state index < -0.39 is 36.0 Å². The Labute approximate surface area is 255 Å². The Morgan fingerprint density at radius 1 is 1.02 bits per heavy atom. The summed E-state index contributed by atoms with van der Waals surface area (Å²) < 4.78 is 16.0. The van der Waals surface area contributed by atoms with Crippen LogP contribution in [-0.4, -0.2) is 59.5 Å². The number of benzene rings is 2. The maximum absolute atomic E-state index is 13.9. The van der Waals surface area contributed by atoms with Crippen molar-refractivity contribution in [1.29, 1.82) is 0 Å². The molecule has 0 saturated carbocycles. The van der Waals surface area contributed by atoms with Crippen LogP contribution in [0.3, 0.4) is 0 Å². The molecule has 1 aromatic heterocycles. The molecule has 4 rings (SSSR count). The molecule has 1 aliphatic rings. The van der Waals surface area contributed by atoms with Gasteiger partial charge in [0.05, 0.1) is 25.4 Å². The van der Waals surface area contributed by atoms with Gasteiger partial charge >= 0.3 is 11.9 Å². The highest BCUT2D eigenvalue weighted by molar-refractivity contribution is 7.09. The van der Waals surface area contributed by atoms with E-state index in [1.54, 1.807) is 12.0 Å². The molecule has 228 valence electrons. The van der Waals surface area contributed by atoms with Crippen molar-refractivity contribution in [3.8, 4) is 5.75 Å². The minimum absolute atomic E-state index is 0.0468. The number of hydrogen-bond donors (Lipinski definition) is 1. The highest BCUT2D eigenvalue weighted by Gasteiger charge is 2.44. The normalized spacial score (nSPS) is 15.8. The van der Waals surface area contributed by atoms with Crippen molar-refractivity contribution < 1.29 is 33.4 Å². The van der Waals surface area contributed by atoms with Gasteiger partial charge < -0.3 is 24.4 Å². The Bertz CT molecular complexity index is 1470. The number of carbonyl (C=O) groups excluding carboxylic acids is 4. The molecular formula is C32H37N3O7S. The predicted octanol–water partition coefficient (Wildman–Crippen LogP) is 4.20. The third-order valence-corrected chi connectivity index (χ3v) is 8.29. The number of nitrogens with one attached hydrogen (secondary N) is 1. The van der Waals surface area contributed by atoms with E-state index in [0.717, 1.165) is 25.1 Å².